The lowest BCUT2D eigenvalue weighted by Gasteiger charge is -2.42. The lowest BCUT2D eigenvalue weighted by atomic mass is 10.1. The van der Waals surface area contributed by atoms with E-state index in [1.165, 1.54) is 12.8 Å². The molecular weight excluding hydrogens is 276 g/mol. The van der Waals surface area contributed by atoms with Gasteiger partial charge in [-0.05, 0) is 35.9 Å². The van der Waals surface area contributed by atoms with Gasteiger partial charge < -0.3 is 9.53 Å². The highest BCUT2D eigenvalue weighted by Crippen LogP contribution is 2.42. The molecule has 0 fully saturated rings. The minimum atomic E-state index is -1.67. The summed E-state index contributed by atoms with van der Waals surface area (Å²) in [6.45, 7) is 18.9. The SMILES string of the molecule is C=C(CO)CCCCCCO[Si](C(C)C)(C(C)C)C(C)C. The van der Waals surface area contributed by atoms with E-state index in [0.717, 1.165) is 31.4 Å². The monoisotopic (exact) mass is 314 g/mol. The summed E-state index contributed by atoms with van der Waals surface area (Å²) in [5, 5.41) is 8.91. The average molecular weight is 315 g/mol. The Morgan fingerprint density at radius 2 is 1.38 bits per heavy atom. The Hall–Kier alpha value is -0.123. The summed E-state index contributed by atoms with van der Waals surface area (Å²) >= 11 is 0. The van der Waals surface area contributed by atoms with Crippen molar-refractivity contribution in [1.29, 1.82) is 0 Å². The third-order valence-corrected chi connectivity index (χ3v) is 10.8. The maximum absolute atomic E-state index is 8.91. The van der Waals surface area contributed by atoms with Crippen LogP contribution in [0.3, 0.4) is 0 Å². The summed E-state index contributed by atoms with van der Waals surface area (Å²) in [7, 11) is -1.67. The molecule has 0 bridgehead atoms. The summed E-state index contributed by atoms with van der Waals surface area (Å²) < 4.78 is 6.54. The number of rotatable bonds is 12. The Labute approximate surface area is 134 Å². The molecule has 3 heteroatoms. The topological polar surface area (TPSA) is 29.5 Å². The average Bonchev–Trinajstić information content (AvgIpc) is 2.40. The number of unbranched alkanes of at least 4 members (excludes halogenated alkanes) is 3. The van der Waals surface area contributed by atoms with Crippen molar-refractivity contribution in [3.05, 3.63) is 12.2 Å². The molecule has 21 heavy (non-hydrogen) atoms. The molecule has 0 aliphatic heterocycles. The summed E-state index contributed by atoms with van der Waals surface area (Å²) in [5.74, 6) is 0. The molecule has 0 aromatic heterocycles. The van der Waals surface area contributed by atoms with Crippen LogP contribution in [0.2, 0.25) is 16.6 Å². The molecule has 0 aromatic rings. The molecule has 2 nitrogen and oxygen atoms in total. The zero-order chi connectivity index (χ0) is 16.5. The van der Waals surface area contributed by atoms with E-state index >= 15 is 0 Å². The molecule has 0 aromatic carbocycles. The highest BCUT2D eigenvalue weighted by molar-refractivity contribution is 6.77. The Bertz CT molecular complexity index is 263. The van der Waals surface area contributed by atoms with Crippen LogP contribution in [0.25, 0.3) is 0 Å². The Kier molecular flexibility index (Phi) is 10.5. The molecule has 0 radical (unpaired) electrons. The first-order valence-electron chi connectivity index (χ1n) is 8.70. The van der Waals surface area contributed by atoms with E-state index in [9.17, 15) is 0 Å². The van der Waals surface area contributed by atoms with Crippen molar-refractivity contribution in [2.75, 3.05) is 13.2 Å². The molecule has 0 spiro atoms. The van der Waals surface area contributed by atoms with Crippen molar-refractivity contribution >= 4 is 8.32 Å². The quantitative estimate of drug-likeness (QED) is 0.285. The van der Waals surface area contributed by atoms with E-state index in [2.05, 4.69) is 48.1 Å². The van der Waals surface area contributed by atoms with Crippen LogP contribution in [-0.2, 0) is 4.43 Å². The lowest BCUT2D eigenvalue weighted by molar-refractivity contribution is 0.267. The van der Waals surface area contributed by atoms with Crippen molar-refractivity contribution in [2.24, 2.45) is 0 Å². The first kappa shape index (κ1) is 20.9. The largest absolute Gasteiger partial charge is 0.416 e. The maximum atomic E-state index is 8.91. The summed E-state index contributed by atoms with van der Waals surface area (Å²) in [5.41, 5.74) is 2.97. The predicted octanol–water partition coefficient (Wildman–Crippen LogP) is 5.68. The van der Waals surface area contributed by atoms with E-state index in [1.54, 1.807) is 0 Å². The Morgan fingerprint density at radius 3 is 1.81 bits per heavy atom. The number of hydrogen-bond donors (Lipinski definition) is 1. The minimum absolute atomic E-state index is 0.133. The third kappa shape index (κ3) is 6.66. The van der Waals surface area contributed by atoms with Crippen LogP contribution in [-0.4, -0.2) is 26.6 Å². The fourth-order valence-electron chi connectivity index (χ4n) is 3.66. The second-order valence-electron chi connectivity index (χ2n) is 7.24. The number of aliphatic hydroxyl groups is 1. The first-order valence-corrected chi connectivity index (χ1v) is 10.8. The van der Waals surface area contributed by atoms with Crippen molar-refractivity contribution < 1.29 is 9.53 Å². The molecule has 0 heterocycles. The van der Waals surface area contributed by atoms with Crippen LogP contribution in [0, 0.1) is 0 Å². The van der Waals surface area contributed by atoms with E-state index in [-0.39, 0.29) is 6.61 Å². The van der Waals surface area contributed by atoms with E-state index in [4.69, 9.17) is 9.53 Å². The van der Waals surface area contributed by atoms with Gasteiger partial charge in [-0.1, -0.05) is 66.5 Å². The van der Waals surface area contributed by atoms with Crippen molar-refractivity contribution in [3.63, 3.8) is 0 Å². The number of aliphatic hydroxyl groups excluding tert-OH is 1. The molecule has 0 unspecified atom stereocenters. The molecule has 0 rings (SSSR count). The van der Waals surface area contributed by atoms with Gasteiger partial charge >= 0.3 is 0 Å². The Morgan fingerprint density at radius 1 is 0.905 bits per heavy atom. The maximum Gasteiger partial charge on any atom is 0.200 e. The van der Waals surface area contributed by atoms with Crippen LogP contribution in [0.4, 0.5) is 0 Å². The summed E-state index contributed by atoms with van der Waals surface area (Å²) in [6, 6.07) is 0. The Balaban J connectivity index is 4.08. The van der Waals surface area contributed by atoms with Gasteiger partial charge in [-0.15, -0.1) is 0 Å². The zero-order valence-corrected chi connectivity index (χ0v) is 16.2. The van der Waals surface area contributed by atoms with Crippen LogP contribution < -0.4 is 0 Å². The second kappa shape index (κ2) is 10.6. The molecular formula is C18H38O2Si. The molecule has 0 amide bonds. The molecule has 0 aliphatic rings. The van der Waals surface area contributed by atoms with Gasteiger partial charge in [0.2, 0.25) is 0 Å². The molecule has 1 N–H and O–H groups in total. The second-order valence-corrected chi connectivity index (χ2v) is 12.7. The van der Waals surface area contributed by atoms with Crippen molar-refractivity contribution in [2.45, 2.75) is 90.3 Å². The van der Waals surface area contributed by atoms with Gasteiger partial charge in [0.1, 0.15) is 0 Å². The van der Waals surface area contributed by atoms with Gasteiger partial charge in [0.25, 0.3) is 0 Å². The highest BCUT2D eigenvalue weighted by Gasteiger charge is 2.44. The van der Waals surface area contributed by atoms with Gasteiger partial charge in [-0.25, -0.2) is 0 Å². The fraction of sp³-hybridized carbons (Fsp3) is 0.889. The predicted molar refractivity (Wildman–Crippen MR) is 96.3 cm³/mol. The van der Waals surface area contributed by atoms with Crippen molar-refractivity contribution in [1.82, 2.24) is 0 Å². The van der Waals surface area contributed by atoms with E-state index in [1.807, 2.05) is 0 Å². The minimum Gasteiger partial charge on any atom is -0.416 e. The lowest BCUT2D eigenvalue weighted by Crippen LogP contribution is -2.47. The number of hydrogen-bond acceptors (Lipinski definition) is 2. The molecule has 0 atom stereocenters. The fourth-order valence-corrected chi connectivity index (χ4v) is 9.16. The highest BCUT2D eigenvalue weighted by atomic mass is 28.4. The van der Waals surface area contributed by atoms with Crippen LogP contribution in [0.5, 0.6) is 0 Å². The van der Waals surface area contributed by atoms with Gasteiger partial charge in [0.05, 0.1) is 6.61 Å². The van der Waals surface area contributed by atoms with Crippen LogP contribution in [0.15, 0.2) is 12.2 Å². The van der Waals surface area contributed by atoms with E-state index in [0.29, 0.717) is 16.6 Å². The van der Waals surface area contributed by atoms with Gasteiger partial charge in [-0.3, -0.25) is 0 Å². The smallest absolute Gasteiger partial charge is 0.200 e. The van der Waals surface area contributed by atoms with Gasteiger partial charge in [0, 0.05) is 6.61 Å². The van der Waals surface area contributed by atoms with Gasteiger partial charge in [-0.2, -0.15) is 0 Å². The standard InChI is InChI=1S/C18H38O2Si/c1-15(2)21(16(3)4,17(5)6)20-13-11-9-8-10-12-18(7)14-19/h15-17,19H,7-14H2,1-6H3. The molecule has 0 aliphatic carbocycles. The van der Waals surface area contributed by atoms with Gasteiger partial charge in [0.15, 0.2) is 8.32 Å². The van der Waals surface area contributed by atoms with Crippen LogP contribution >= 0.6 is 0 Å². The van der Waals surface area contributed by atoms with Crippen LogP contribution in [0.1, 0.15) is 73.6 Å². The normalized spacial score (nSPS) is 12.7. The summed E-state index contributed by atoms with van der Waals surface area (Å²) in [6.07, 6.45) is 5.69. The third-order valence-electron chi connectivity index (χ3n) is 4.71. The van der Waals surface area contributed by atoms with Crippen molar-refractivity contribution in [3.8, 4) is 0 Å². The first-order chi connectivity index (χ1) is 9.78. The zero-order valence-electron chi connectivity index (χ0n) is 15.2. The van der Waals surface area contributed by atoms with E-state index < -0.39 is 8.32 Å². The molecule has 0 saturated heterocycles. The summed E-state index contributed by atoms with van der Waals surface area (Å²) in [4.78, 5) is 0. The molecule has 126 valence electrons. The molecule has 0 saturated carbocycles.